The third-order valence-electron chi connectivity index (χ3n) is 8.28. The quantitative estimate of drug-likeness (QED) is 0.446. The Balaban J connectivity index is 1.47. The molecule has 9 nitrogen and oxygen atoms in total. The molecule has 0 radical (unpaired) electrons. The molecule has 2 aromatic rings. The van der Waals surface area contributed by atoms with Gasteiger partial charge in [-0.05, 0) is 45.0 Å². The molecule has 3 aliphatic rings. The zero-order valence-electron chi connectivity index (χ0n) is 23.6. The van der Waals surface area contributed by atoms with Gasteiger partial charge < -0.3 is 24.2 Å². The van der Waals surface area contributed by atoms with Crippen LogP contribution in [0.5, 0.6) is 6.01 Å². The van der Waals surface area contributed by atoms with Crippen molar-refractivity contribution in [3.8, 4) is 12.1 Å². The van der Waals surface area contributed by atoms with Crippen LogP contribution in [0.25, 0.3) is 0 Å². The molecule has 0 aliphatic carbocycles. The number of alkyl halides is 4. The van der Waals surface area contributed by atoms with Crippen LogP contribution in [0.1, 0.15) is 54.7 Å². The van der Waals surface area contributed by atoms with Gasteiger partial charge in [-0.2, -0.15) is 28.4 Å². The van der Waals surface area contributed by atoms with Crippen LogP contribution in [0.2, 0.25) is 0 Å². The predicted molar refractivity (Wildman–Crippen MR) is 144 cm³/mol. The molecule has 0 bridgehead atoms. The first kappa shape index (κ1) is 30.0. The summed E-state index contributed by atoms with van der Waals surface area (Å²) >= 11 is 0. The summed E-state index contributed by atoms with van der Waals surface area (Å²) in [6, 6.07) is 7.19. The molecule has 1 aromatic carbocycles. The van der Waals surface area contributed by atoms with Gasteiger partial charge in [0, 0.05) is 37.7 Å². The van der Waals surface area contributed by atoms with Gasteiger partial charge >= 0.3 is 12.2 Å². The van der Waals surface area contributed by atoms with Crippen molar-refractivity contribution in [3.63, 3.8) is 0 Å². The van der Waals surface area contributed by atoms with Crippen molar-refractivity contribution in [1.82, 2.24) is 19.8 Å². The number of hydrogen-bond acceptors (Lipinski definition) is 8. The van der Waals surface area contributed by atoms with E-state index in [0.29, 0.717) is 30.2 Å². The first-order valence-corrected chi connectivity index (χ1v) is 14.1. The van der Waals surface area contributed by atoms with E-state index in [0.717, 1.165) is 25.5 Å². The number of nitrogens with zero attached hydrogens (tertiary/aromatic N) is 6. The number of benzene rings is 1. The highest BCUT2D eigenvalue weighted by molar-refractivity contribution is 5.81. The fraction of sp³-hybridized carbons (Fsp3) is 0.586. The summed E-state index contributed by atoms with van der Waals surface area (Å²) in [7, 11) is 2.02. The van der Waals surface area contributed by atoms with E-state index in [1.165, 1.54) is 24.0 Å². The number of carbonyl (C=O) groups excluding carboxylic acids is 1. The molecule has 1 amide bonds. The molecule has 1 aromatic heterocycles. The van der Waals surface area contributed by atoms with Crippen LogP contribution >= 0.6 is 0 Å². The zero-order chi connectivity index (χ0) is 30.0. The van der Waals surface area contributed by atoms with Crippen LogP contribution < -0.4 is 9.64 Å². The summed E-state index contributed by atoms with van der Waals surface area (Å²) in [6.45, 7) is 3.19. The minimum Gasteiger partial charge on any atom is -0.462 e. The predicted octanol–water partition coefficient (Wildman–Crippen LogP) is 4.07. The summed E-state index contributed by atoms with van der Waals surface area (Å²) in [5.74, 6) is -0.181. The number of likely N-dealkylation sites (N-methyl/N-ethyl adjacent to an activating group) is 1. The van der Waals surface area contributed by atoms with Crippen molar-refractivity contribution in [3.05, 3.63) is 46.6 Å². The number of amides is 1. The molecule has 4 heterocycles. The van der Waals surface area contributed by atoms with E-state index in [4.69, 9.17) is 14.5 Å². The van der Waals surface area contributed by atoms with Crippen LogP contribution in [0, 0.1) is 11.3 Å². The average molecular weight is 591 g/mol. The fourth-order valence-electron chi connectivity index (χ4n) is 6.00. The van der Waals surface area contributed by atoms with E-state index < -0.39 is 36.0 Å². The number of hydrogen-bond donors (Lipinski definition) is 0. The Morgan fingerprint density at radius 1 is 1.21 bits per heavy atom. The smallest absolute Gasteiger partial charge is 0.416 e. The highest BCUT2D eigenvalue weighted by Crippen LogP contribution is 2.40. The van der Waals surface area contributed by atoms with Gasteiger partial charge in [0.05, 0.1) is 42.5 Å². The van der Waals surface area contributed by atoms with Crippen LogP contribution in [0.15, 0.2) is 24.3 Å². The van der Waals surface area contributed by atoms with E-state index in [1.54, 1.807) is 6.07 Å². The van der Waals surface area contributed by atoms with E-state index >= 15 is 0 Å². The lowest BCUT2D eigenvalue weighted by Gasteiger charge is -2.42. The Kier molecular flexibility index (Phi) is 8.84. The maximum Gasteiger partial charge on any atom is 0.416 e. The number of halogens is 4. The maximum absolute atomic E-state index is 13.9. The fourth-order valence-corrected chi connectivity index (χ4v) is 6.00. The number of carbonyl (C=O) groups is 1. The first-order chi connectivity index (χ1) is 20.1. The maximum atomic E-state index is 13.9. The molecule has 0 N–H and O–H groups in total. The lowest BCUT2D eigenvalue weighted by atomic mass is 9.95. The molecule has 13 heteroatoms. The van der Waals surface area contributed by atoms with Crippen molar-refractivity contribution >= 4 is 11.7 Å². The summed E-state index contributed by atoms with van der Waals surface area (Å²) in [5.41, 5.74) is 0.425. The molecule has 2 fully saturated rings. The molecule has 4 atom stereocenters. The summed E-state index contributed by atoms with van der Waals surface area (Å²) in [6.07, 6.45) is -5.00. The average Bonchev–Trinajstić information content (AvgIpc) is 3.39. The Hall–Kier alpha value is -3.50. The number of likely N-dealkylation sites (tertiary alicyclic amines) is 1. The van der Waals surface area contributed by atoms with Gasteiger partial charge in [-0.15, -0.1) is 0 Å². The summed E-state index contributed by atoms with van der Waals surface area (Å²) in [5, 5.41) is 9.41. The molecule has 2 saturated heterocycles. The lowest BCUT2D eigenvalue weighted by molar-refractivity contribution is -0.140. The number of anilines is 1. The molecule has 0 spiro atoms. The number of aromatic nitrogens is 2. The van der Waals surface area contributed by atoms with Crippen molar-refractivity contribution in [2.24, 2.45) is 0 Å². The van der Waals surface area contributed by atoms with E-state index in [1.807, 2.05) is 11.9 Å². The van der Waals surface area contributed by atoms with Crippen LogP contribution in [0.4, 0.5) is 23.4 Å². The number of nitriles is 1. The summed E-state index contributed by atoms with van der Waals surface area (Å²) in [4.78, 5) is 27.3. The van der Waals surface area contributed by atoms with Crippen molar-refractivity contribution in [2.75, 3.05) is 44.7 Å². The van der Waals surface area contributed by atoms with Crippen LogP contribution in [0.3, 0.4) is 0 Å². The van der Waals surface area contributed by atoms with Crippen molar-refractivity contribution in [2.45, 2.75) is 69.7 Å². The molecule has 226 valence electrons. The third-order valence-corrected chi connectivity index (χ3v) is 8.28. The van der Waals surface area contributed by atoms with Gasteiger partial charge in [-0.25, -0.2) is 4.39 Å². The van der Waals surface area contributed by atoms with Gasteiger partial charge in [-0.3, -0.25) is 4.79 Å². The van der Waals surface area contributed by atoms with Crippen LogP contribution in [-0.4, -0.2) is 83.8 Å². The van der Waals surface area contributed by atoms with Crippen molar-refractivity contribution in [1.29, 1.82) is 5.26 Å². The Morgan fingerprint density at radius 3 is 2.69 bits per heavy atom. The van der Waals surface area contributed by atoms with Gasteiger partial charge in [0.2, 0.25) is 0 Å². The molecular weight excluding hydrogens is 556 g/mol. The second-order valence-corrected chi connectivity index (χ2v) is 11.0. The number of fused-ring (bicyclic) bond motifs is 1. The monoisotopic (exact) mass is 590 g/mol. The minimum absolute atomic E-state index is 0.00636. The van der Waals surface area contributed by atoms with Gasteiger partial charge in [0.1, 0.15) is 12.4 Å². The van der Waals surface area contributed by atoms with Crippen LogP contribution in [-0.2, 0) is 28.7 Å². The molecule has 1 unspecified atom stereocenters. The Labute approximate surface area is 242 Å². The molecule has 3 aliphatic heterocycles. The lowest BCUT2D eigenvalue weighted by Crippen LogP contribution is -2.57. The molecule has 42 heavy (non-hydrogen) atoms. The van der Waals surface area contributed by atoms with E-state index in [9.17, 15) is 27.6 Å². The first-order valence-electron chi connectivity index (χ1n) is 14.1. The highest BCUT2D eigenvalue weighted by atomic mass is 19.4. The molecular formula is C29H34F4N6O3. The SMILES string of the molecule is C[C@H](F)C(=O)N1CCN(c2nc(OC[C@@H]3CCCN3C)nc3c2COC(c2ccccc2C(F)(F)F)C3)C[C@@H]1CC#N. The second-order valence-electron chi connectivity index (χ2n) is 11.0. The highest BCUT2D eigenvalue weighted by Gasteiger charge is 2.39. The number of piperazine rings is 1. The Morgan fingerprint density at radius 2 is 2.00 bits per heavy atom. The second kappa shape index (κ2) is 12.4. The number of ether oxygens (including phenoxy) is 2. The largest absolute Gasteiger partial charge is 0.462 e. The minimum atomic E-state index is -4.54. The Bertz CT molecular complexity index is 1330. The van der Waals surface area contributed by atoms with Gasteiger partial charge in [0.25, 0.3) is 5.91 Å². The summed E-state index contributed by atoms with van der Waals surface area (Å²) < 4.78 is 67.4. The molecule has 5 rings (SSSR count). The van der Waals surface area contributed by atoms with E-state index in [2.05, 4.69) is 16.0 Å². The van der Waals surface area contributed by atoms with Gasteiger partial charge in [-0.1, -0.05) is 18.2 Å². The normalized spacial score (nSPS) is 23.8. The van der Waals surface area contributed by atoms with Gasteiger partial charge in [0.15, 0.2) is 6.17 Å². The molecule has 0 saturated carbocycles. The van der Waals surface area contributed by atoms with Crippen molar-refractivity contribution < 1.29 is 31.8 Å². The zero-order valence-corrected chi connectivity index (χ0v) is 23.6. The number of rotatable bonds is 7. The third kappa shape index (κ3) is 6.29. The van der Waals surface area contributed by atoms with E-state index in [-0.39, 0.29) is 50.2 Å². The topological polar surface area (TPSA) is 94.8 Å². The standard InChI is InChI=1S/C29H34F4N6O3/c1-18(30)27(40)39-13-12-38(15-19(39)9-10-34)26-22-17-41-25(21-7-3-4-8-23(21)29(31,32)33)14-24(22)35-28(36-26)42-16-20-6-5-11-37(20)2/h3-4,7-8,18-20,25H,5-6,9,11-17H2,1-2H3/t18-,19-,20-,25?/m0/s1.